The molecule has 0 aliphatic heterocycles. The van der Waals surface area contributed by atoms with Crippen LogP contribution < -0.4 is 10.6 Å². The topological polar surface area (TPSA) is 41.1 Å². The zero-order valence-corrected chi connectivity index (χ0v) is 10.2. The maximum Gasteiger partial charge on any atom is 0.238 e. The first-order valence-electron chi connectivity index (χ1n) is 4.34. The molecule has 0 saturated heterocycles. The fourth-order valence-electron chi connectivity index (χ4n) is 1.08. The van der Waals surface area contributed by atoms with E-state index in [1.54, 1.807) is 13.1 Å². The number of carbonyl (C=O) groups excluding carboxylic acids is 1. The predicted molar refractivity (Wildman–Crippen MR) is 66.0 cm³/mol. The third-order valence-electron chi connectivity index (χ3n) is 1.74. The van der Waals surface area contributed by atoms with E-state index in [1.165, 1.54) is 0 Å². The van der Waals surface area contributed by atoms with Gasteiger partial charge in [-0.05, 0) is 31.7 Å². The SMILES string of the molecule is CNCC(=O)Nc1ccc(C)cc1Cl.Cl. The highest BCUT2D eigenvalue weighted by molar-refractivity contribution is 6.33. The van der Waals surface area contributed by atoms with Crippen LogP contribution in [0.3, 0.4) is 0 Å². The molecule has 0 heterocycles. The molecule has 1 rings (SSSR count). The Labute approximate surface area is 101 Å². The van der Waals surface area contributed by atoms with Gasteiger partial charge in [0.1, 0.15) is 0 Å². The second kappa shape index (κ2) is 6.67. The van der Waals surface area contributed by atoms with Crippen LogP contribution in [0.25, 0.3) is 0 Å². The highest BCUT2D eigenvalue weighted by atomic mass is 35.5. The lowest BCUT2D eigenvalue weighted by molar-refractivity contribution is -0.115. The van der Waals surface area contributed by atoms with E-state index in [2.05, 4.69) is 10.6 Å². The Hall–Kier alpha value is -0.770. The van der Waals surface area contributed by atoms with E-state index in [4.69, 9.17) is 11.6 Å². The molecule has 0 bridgehead atoms. The van der Waals surface area contributed by atoms with Gasteiger partial charge in [0.15, 0.2) is 0 Å². The van der Waals surface area contributed by atoms with Crippen molar-refractivity contribution in [3.8, 4) is 0 Å². The van der Waals surface area contributed by atoms with Gasteiger partial charge in [0.05, 0.1) is 17.3 Å². The van der Waals surface area contributed by atoms with E-state index in [-0.39, 0.29) is 24.9 Å². The van der Waals surface area contributed by atoms with E-state index in [0.29, 0.717) is 10.7 Å². The van der Waals surface area contributed by atoms with Gasteiger partial charge in [0, 0.05) is 0 Å². The smallest absolute Gasteiger partial charge is 0.238 e. The van der Waals surface area contributed by atoms with Gasteiger partial charge in [-0.2, -0.15) is 0 Å². The number of anilines is 1. The summed E-state index contributed by atoms with van der Waals surface area (Å²) in [7, 11) is 1.72. The molecule has 1 amide bonds. The largest absolute Gasteiger partial charge is 0.324 e. The zero-order chi connectivity index (χ0) is 10.6. The molecule has 0 unspecified atom stereocenters. The van der Waals surface area contributed by atoms with Gasteiger partial charge < -0.3 is 10.6 Å². The van der Waals surface area contributed by atoms with Crippen molar-refractivity contribution in [2.24, 2.45) is 0 Å². The molecule has 1 aromatic carbocycles. The van der Waals surface area contributed by atoms with E-state index in [9.17, 15) is 4.79 Å². The van der Waals surface area contributed by atoms with Gasteiger partial charge in [-0.15, -0.1) is 12.4 Å². The summed E-state index contributed by atoms with van der Waals surface area (Å²) < 4.78 is 0. The summed E-state index contributed by atoms with van der Waals surface area (Å²) in [6.45, 7) is 2.23. The third-order valence-corrected chi connectivity index (χ3v) is 2.05. The summed E-state index contributed by atoms with van der Waals surface area (Å²) in [6, 6.07) is 5.52. The van der Waals surface area contributed by atoms with Crippen molar-refractivity contribution >= 4 is 35.6 Å². The number of likely N-dealkylation sites (N-methyl/N-ethyl adjacent to an activating group) is 1. The number of hydrogen-bond donors (Lipinski definition) is 2. The van der Waals surface area contributed by atoms with Crippen LogP contribution in [0.15, 0.2) is 18.2 Å². The number of benzene rings is 1. The summed E-state index contributed by atoms with van der Waals surface area (Å²) >= 11 is 5.94. The summed E-state index contributed by atoms with van der Waals surface area (Å²) in [5.74, 6) is -0.0988. The molecule has 1 aromatic rings. The molecular weight excluding hydrogens is 235 g/mol. The minimum Gasteiger partial charge on any atom is -0.324 e. The second-order valence-corrected chi connectivity index (χ2v) is 3.47. The second-order valence-electron chi connectivity index (χ2n) is 3.06. The molecule has 0 saturated carbocycles. The fourth-order valence-corrected chi connectivity index (χ4v) is 1.36. The lowest BCUT2D eigenvalue weighted by atomic mass is 10.2. The number of carbonyl (C=O) groups is 1. The molecular formula is C10H14Cl2N2O. The van der Waals surface area contributed by atoms with Crippen LogP contribution in [0.4, 0.5) is 5.69 Å². The van der Waals surface area contributed by atoms with Crippen molar-refractivity contribution in [3.05, 3.63) is 28.8 Å². The van der Waals surface area contributed by atoms with Gasteiger partial charge >= 0.3 is 0 Å². The molecule has 0 fully saturated rings. The van der Waals surface area contributed by atoms with Crippen molar-refractivity contribution in [2.75, 3.05) is 18.9 Å². The van der Waals surface area contributed by atoms with Crippen molar-refractivity contribution in [2.45, 2.75) is 6.92 Å². The van der Waals surface area contributed by atoms with E-state index < -0.39 is 0 Å². The van der Waals surface area contributed by atoms with Crippen LogP contribution >= 0.6 is 24.0 Å². The van der Waals surface area contributed by atoms with Crippen molar-refractivity contribution in [1.29, 1.82) is 0 Å². The Bertz CT molecular complexity index is 342. The first kappa shape index (κ1) is 14.2. The molecule has 0 aromatic heterocycles. The summed E-state index contributed by atoms with van der Waals surface area (Å²) in [4.78, 5) is 11.2. The Balaban J connectivity index is 0.00000196. The molecule has 3 nitrogen and oxygen atoms in total. The average molecular weight is 249 g/mol. The number of hydrogen-bond acceptors (Lipinski definition) is 2. The molecule has 2 N–H and O–H groups in total. The maximum atomic E-state index is 11.2. The van der Waals surface area contributed by atoms with Crippen molar-refractivity contribution in [3.63, 3.8) is 0 Å². The van der Waals surface area contributed by atoms with E-state index in [0.717, 1.165) is 5.56 Å². The summed E-state index contributed by atoms with van der Waals surface area (Å²) in [5.41, 5.74) is 1.72. The fraction of sp³-hybridized carbons (Fsp3) is 0.300. The number of nitrogens with one attached hydrogen (secondary N) is 2. The number of halogens is 2. The number of rotatable bonds is 3. The molecule has 0 atom stereocenters. The van der Waals surface area contributed by atoms with Gasteiger partial charge in [-0.1, -0.05) is 17.7 Å². The number of amides is 1. The quantitative estimate of drug-likeness (QED) is 0.862. The molecule has 5 heteroatoms. The Kier molecular flexibility index (Phi) is 6.32. The number of aryl methyl sites for hydroxylation is 1. The van der Waals surface area contributed by atoms with E-state index >= 15 is 0 Å². The molecule has 0 spiro atoms. The summed E-state index contributed by atoms with van der Waals surface area (Å²) in [6.07, 6.45) is 0. The lowest BCUT2D eigenvalue weighted by Gasteiger charge is -2.07. The minimum absolute atomic E-state index is 0. The Morgan fingerprint density at radius 2 is 2.13 bits per heavy atom. The lowest BCUT2D eigenvalue weighted by Crippen LogP contribution is -2.25. The standard InChI is InChI=1S/C10H13ClN2O.ClH/c1-7-3-4-9(8(11)5-7)13-10(14)6-12-2;/h3-5,12H,6H2,1-2H3,(H,13,14);1H. The van der Waals surface area contributed by atoms with Crippen molar-refractivity contribution < 1.29 is 4.79 Å². The van der Waals surface area contributed by atoms with Gasteiger partial charge in [-0.3, -0.25) is 4.79 Å². The minimum atomic E-state index is -0.0988. The molecule has 0 radical (unpaired) electrons. The first-order valence-corrected chi connectivity index (χ1v) is 4.72. The molecule has 0 aliphatic rings. The first-order chi connectivity index (χ1) is 6.63. The van der Waals surface area contributed by atoms with Crippen LogP contribution in [0, 0.1) is 6.92 Å². The van der Waals surface area contributed by atoms with Crippen LogP contribution in [0.2, 0.25) is 5.02 Å². The van der Waals surface area contributed by atoms with Gasteiger partial charge in [0.25, 0.3) is 0 Å². The monoisotopic (exact) mass is 248 g/mol. The third kappa shape index (κ3) is 4.51. The normalized spacial score (nSPS) is 9.27. The van der Waals surface area contributed by atoms with Crippen molar-refractivity contribution in [1.82, 2.24) is 5.32 Å². The average Bonchev–Trinajstić information content (AvgIpc) is 2.10. The summed E-state index contributed by atoms with van der Waals surface area (Å²) in [5, 5.41) is 6.03. The van der Waals surface area contributed by atoms with Crippen LogP contribution in [0.1, 0.15) is 5.56 Å². The van der Waals surface area contributed by atoms with Gasteiger partial charge in [-0.25, -0.2) is 0 Å². The Morgan fingerprint density at radius 1 is 1.47 bits per heavy atom. The van der Waals surface area contributed by atoms with Gasteiger partial charge in [0.2, 0.25) is 5.91 Å². The van der Waals surface area contributed by atoms with Crippen LogP contribution in [-0.2, 0) is 4.79 Å². The van der Waals surface area contributed by atoms with Crippen LogP contribution in [-0.4, -0.2) is 19.5 Å². The molecule has 84 valence electrons. The van der Waals surface area contributed by atoms with E-state index in [1.807, 2.05) is 19.1 Å². The Morgan fingerprint density at radius 3 is 2.67 bits per heavy atom. The molecule has 0 aliphatic carbocycles. The molecule has 15 heavy (non-hydrogen) atoms. The highest BCUT2D eigenvalue weighted by Crippen LogP contribution is 2.22. The predicted octanol–water partition coefficient (Wildman–Crippen LogP) is 2.23. The highest BCUT2D eigenvalue weighted by Gasteiger charge is 2.04. The van der Waals surface area contributed by atoms with Crippen LogP contribution in [0.5, 0.6) is 0 Å². The maximum absolute atomic E-state index is 11.2. The zero-order valence-electron chi connectivity index (χ0n) is 8.63.